The van der Waals surface area contributed by atoms with Crippen LogP contribution in [0, 0.1) is 0 Å². The van der Waals surface area contributed by atoms with Gasteiger partial charge in [0.05, 0.1) is 6.04 Å². The highest BCUT2D eigenvalue weighted by Gasteiger charge is 2.40. The van der Waals surface area contributed by atoms with Gasteiger partial charge < -0.3 is 9.64 Å². The zero-order chi connectivity index (χ0) is 20.4. The maximum atomic E-state index is 13.1. The molecule has 6 heteroatoms. The van der Waals surface area contributed by atoms with Gasteiger partial charge in [-0.1, -0.05) is 53.5 Å². The van der Waals surface area contributed by atoms with Gasteiger partial charge in [0.15, 0.2) is 5.76 Å². The first kappa shape index (κ1) is 19.5. The molecule has 146 valence electrons. The number of likely N-dealkylation sites (N-methyl/N-ethyl adjacent to an activating group) is 1. The smallest absolute Gasteiger partial charge is 0.289 e. The molecule has 2 heterocycles. The molecular formula is C23H18Cl2N2O2. The fourth-order valence-electron chi connectivity index (χ4n) is 3.42. The van der Waals surface area contributed by atoms with Crippen LogP contribution in [0.3, 0.4) is 0 Å². The summed E-state index contributed by atoms with van der Waals surface area (Å²) in [5, 5.41) is 1.28. The Bertz CT molecular complexity index is 1030. The number of carbonyl (C=O) groups excluding carboxylic acids is 1. The molecule has 1 saturated heterocycles. The second-order valence-electron chi connectivity index (χ2n) is 6.80. The van der Waals surface area contributed by atoms with Gasteiger partial charge in [-0.25, -0.2) is 0 Å². The van der Waals surface area contributed by atoms with Crippen LogP contribution in [0.4, 0.5) is 0 Å². The lowest BCUT2D eigenvalue weighted by Crippen LogP contribution is -2.42. The summed E-state index contributed by atoms with van der Waals surface area (Å²) in [7, 11) is 1.78. The van der Waals surface area contributed by atoms with Crippen molar-refractivity contribution in [3.63, 3.8) is 0 Å². The molecule has 0 saturated carbocycles. The topological polar surface area (TPSA) is 42.4 Å². The number of ether oxygens (including phenoxy) is 1. The van der Waals surface area contributed by atoms with Crippen LogP contribution < -0.4 is 0 Å². The van der Waals surface area contributed by atoms with E-state index in [0.29, 0.717) is 10.0 Å². The van der Waals surface area contributed by atoms with E-state index in [1.54, 1.807) is 30.4 Å². The second-order valence-corrected chi connectivity index (χ2v) is 7.67. The molecule has 1 unspecified atom stereocenters. The molecule has 0 spiro atoms. The van der Waals surface area contributed by atoms with Gasteiger partial charge in [-0.2, -0.15) is 0 Å². The molecule has 3 aromatic rings. The van der Waals surface area contributed by atoms with Gasteiger partial charge in [-0.3, -0.25) is 9.78 Å². The third-order valence-electron chi connectivity index (χ3n) is 4.88. The monoisotopic (exact) mass is 424 g/mol. The third kappa shape index (κ3) is 4.14. The van der Waals surface area contributed by atoms with Crippen molar-refractivity contribution in [3.05, 3.63) is 106 Å². The molecule has 0 bridgehead atoms. The lowest BCUT2D eigenvalue weighted by atomic mass is 9.92. The molecule has 1 aliphatic heterocycles. The van der Waals surface area contributed by atoms with Gasteiger partial charge in [0.2, 0.25) is 0 Å². The van der Waals surface area contributed by atoms with E-state index in [-0.39, 0.29) is 17.7 Å². The first-order chi connectivity index (χ1) is 14.0. The number of carbonyl (C=O) groups is 1. The minimum absolute atomic E-state index is 0.195. The number of pyridine rings is 1. The SMILES string of the molecule is CN1C(=O)/C(=C/c2cccnc2)O[C@H](c2ccc(Cl)cc2)C1c1ccc(Cl)cc1. The van der Waals surface area contributed by atoms with Gasteiger partial charge in [0.1, 0.15) is 6.10 Å². The lowest BCUT2D eigenvalue weighted by molar-refractivity contribution is -0.144. The van der Waals surface area contributed by atoms with Crippen molar-refractivity contribution in [2.24, 2.45) is 0 Å². The first-order valence-corrected chi connectivity index (χ1v) is 9.85. The molecule has 29 heavy (non-hydrogen) atoms. The predicted octanol–water partition coefficient (Wildman–Crippen LogP) is 5.70. The maximum Gasteiger partial charge on any atom is 0.289 e. The van der Waals surface area contributed by atoms with E-state index in [9.17, 15) is 4.79 Å². The fraction of sp³-hybridized carbons (Fsp3) is 0.130. The Morgan fingerprint density at radius 2 is 1.59 bits per heavy atom. The normalized spacial score (nSPS) is 20.6. The number of hydrogen-bond acceptors (Lipinski definition) is 3. The van der Waals surface area contributed by atoms with Crippen molar-refractivity contribution in [1.82, 2.24) is 9.88 Å². The predicted molar refractivity (Wildman–Crippen MR) is 114 cm³/mol. The molecule has 1 fully saturated rings. The van der Waals surface area contributed by atoms with E-state index in [1.165, 1.54) is 0 Å². The van der Waals surface area contributed by atoms with Crippen molar-refractivity contribution >= 4 is 35.2 Å². The van der Waals surface area contributed by atoms with E-state index in [2.05, 4.69) is 4.98 Å². The quantitative estimate of drug-likeness (QED) is 0.506. The Labute approximate surface area is 179 Å². The molecule has 0 N–H and O–H groups in total. The highest BCUT2D eigenvalue weighted by Crippen LogP contribution is 2.43. The number of morpholine rings is 1. The average molecular weight is 425 g/mol. The van der Waals surface area contributed by atoms with Gasteiger partial charge >= 0.3 is 0 Å². The summed E-state index contributed by atoms with van der Waals surface area (Å²) in [6.07, 6.45) is 4.68. The van der Waals surface area contributed by atoms with Gasteiger partial charge in [0, 0.05) is 29.5 Å². The van der Waals surface area contributed by atoms with Crippen molar-refractivity contribution in [1.29, 1.82) is 0 Å². The molecule has 1 aliphatic rings. The Morgan fingerprint density at radius 1 is 0.966 bits per heavy atom. The largest absolute Gasteiger partial charge is 0.477 e. The van der Waals surface area contributed by atoms with Crippen LogP contribution in [-0.2, 0) is 9.53 Å². The Kier molecular flexibility index (Phi) is 5.56. The van der Waals surface area contributed by atoms with Crippen LogP contribution in [0.1, 0.15) is 28.8 Å². The molecule has 4 nitrogen and oxygen atoms in total. The Hall–Kier alpha value is -2.82. The average Bonchev–Trinajstić information content (AvgIpc) is 2.74. The summed E-state index contributed by atoms with van der Waals surface area (Å²) in [6, 6.07) is 18.3. The number of halogens is 2. The summed E-state index contributed by atoms with van der Waals surface area (Å²) < 4.78 is 6.26. The van der Waals surface area contributed by atoms with Crippen molar-refractivity contribution < 1.29 is 9.53 Å². The number of rotatable bonds is 3. The van der Waals surface area contributed by atoms with Crippen LogP contribution in [0.15, 0.2) is 78.8 Å². The number of aromatic nitrogens is 1. The lowest BCUT2D eigenvalue weighted by Gasteiger charge is -2.40. The van der Waals surface area contributed by atoms with Crippen molar-refractivity contribution in [3.8, 4) is 0 Å². The molecule has 1 aromatic heterocycles. The number of hydrogen-bond donors (Lipinski definition) is 0. The van der Waals surface area contributed by atoms with Crippen LogP contribution in [0.2, 0.25) is 10.0 Å². The minimum atomic E-state index is -0.404. The molecule has 1 amide bonds. The molecule has 4 rings (SSSR count). The van der Waals surface area contributed by atoms with Crippen molar-refractivity contribution in [2.75, 3.05) is 7.05 Å². The van der Waals surface area contributed by atoms with Gasteiger partial charge in [-0.05, 0) is 53.1 Å². The highest BCUT2D eigenvalue weighted by atomic mass is 35.5. The second kappa shape index (κ2) is 8.27. The number of benzene rings is 2. The summed E-state index contributed by atoms with van der Waals surface area (Å²) in [5.74, 6) is 0.0738. The minimum Gasteiger partial charge on any atom is -0.477 e. The highest BCUT2D eigenvalue weighted by molar-refractivity contribution is 6.30. The van der Waals surface area contributed by atoms with E-state index < -0.39 is 6.10 Å². The maximum absolute atomic E-state index is 13.1. The molecular weight excluding hydrogens is 407 g/mol. The molecule has 2 aromatic carbocycles. The van der Waals surface area contributed by atoms with Crippen LogP contribution in [0.25, 0.3) is 6.08 Å². The van der Waals surface area contributed by atoms with E-state index in [0.717, 1.165) is 16.7 Å². The molecule has 2 atom stereocenters. The number of amides is 1. The standard InChI is InChI=1S/C23H18Cl2N2O2/c1-27-21(16-4-8-18(24)9-5-16)22(17-6-10-19(25)11-7-17)29-20(23(27)28)13-15-3-2-12-26-14-15/h2-14,21-22H,1H3/b20-13-/t21?,22-/m1/s1. The van der Waals surface area contributed by atoms with E-state index in [1.807, 2.05) is 60.7 Å². The Morgan fingerprint density at radius 3 is 2.17 bits per heavy atom. The summed E-state index contributed by atoms with van der Waals surface area (Å²) in [6.45, 7) is 0. The Balaban J connectivity index is 1.78. The van der Waals surface area contributed by atoms with Crippen LogP contribution in [0.5, 0.6) is 0 Å². The van der Waals surface area contributed by atoms with Gasteiger partial charge in [0.25, 0.3) is 5.91 Å². The van der Waals surface area contributed by atoms with E-state index >= 15 is 0 Å². The van der Waals surface area contributed by atoms with Gasteiger partial charge in [-0.15, -0.1) is 0 Å². The van der Waals surface area contributed by atoms with Crippen LogP contribution >= 0.6 is 23.2 Å². The third-order valence-corrected chi connectivity index (χ3v) is 5.39. The van der Waals surface area contributed by atoms with Crippen LogP contribution in [-0.4, -0.2) is 22.8 Å². The van der Waals surface area contributed by atoms with E-state index in [4.69, 9.17) is 27.9 Å². The fourth-order valence-corrected chi connectivity index (χ4v) is 3.68. The zero-order valence-electron chi connectivity index (χ0n) is 15.6. The number of nitrogens with zero attached hydrogens (tertiary/aromatic N) is 2. The first-order valence-electron chi connectivity index (χ1n) is 9.09. The zero-order valence-corrected chi connectivity index (χ0v) is 17.1. The molecule has 0 radical (unpaired) electrons. The summed E-state index contributed by atoms with van der Waals surface area (Å²) in [4.78, 5) is 18.9. The molecule has 0 aliphatic carbocycles. The van der Waals surface area contributed by atoms with Crippen molar-refractivity contribution in [2.45, 2.75) is 12.1 Å². The summed E-state index contributed by atoms with van der Waals surface area (Å²) in [5.41, 5.74) is 2.65. The summed E-state index contributed by atoms with van der Waals surface area (Å²) >= 11 is 12.1.